The van der Waals surface area contributed by atoms with Crippen LogP contribution in [-0.2, 0) is 14.8 Å². The Hall–Kier alpha value is -0.440. The molecular weight excluding hydrogens is 366 g/mol. The van der Waals surface area contributed by atoms with Gasteiger partial charge >= 0.3 is 5.97 Å². The van der Waals surface area contributed by atoms with Crippen molar-refractivity contribution in [2.75, 3.05) is 7.11 Å². The largest absolute Gasteiger partial charge is 0.465 e. The summed E-state index contributed by atoms with van der Waals surface area (Å²) < 4.78 is 32.5. The molecule has 1 heterocycles. The van der Waals surface area contributed by atoms with Gasteiger partial charge in [-0.3, -0.25) is 0 Å². The Bertz CT molecular complexity index is 591. The number of esters is 1. The second kappa shape index (κ2) is 6.55. The molecule has 0 amide bonds. The van der Waals surface area contributed by atoms with E-state index >= 15 is 0 Å². The lowest BCUT2D eigenvalue weighted by Gasteiger charge is -2.22. The van der Waals surface area contributed by atoms with E-state index in [1.807, 2.05) is 0 Å². The summed E-state index contributed by atoms with van der Waals surface area (Å²) in [5.41, 5.74) is 0. The van der Waals surface area contributed by atoms with Crippen molar-refractivity contribution >= 4 is 43.3 Å². The molecule has 1 fully saturated rings. The molecule has 0 atom stereocenters. The molecule has 0 bridgehead atoms. The van der Waals surface area contributed by atoms with Crippen molar-refractivity contribution in [1.82, 2.24) is 4.72 Å². The highest BCUT2D eigenvalue weighted by atomic mass is 79.9. The minimum absolute atomic E-state index is 0.0119. The first-order valence-electron chi connectivity index (χ1n) is 6.34. The number of hydrogen-bond acceptors (Lipinski definition) is 5. The third kappa shape index (κ3) is 3.60. The predicted octanol–water partition coefficient (Wildman–Crippen LogP) is 2.91. The Morgan fingerprint density at radius 3 is 2.65 bits per heavy atom. The third-order valence-electron chi connectivity index (χ3n) is 3.26. The van der Waals surface area contributed by atoms with Crippen LogP contribution in [0.3, 0.4) is 0 Å². The summed E-state index contributed by atoms with van der Waals surface area (Å²) >= 11 is 4.27. The van der Waals surface area contributed by atoms with Gasteiger partial charge in [0.15, 0.2) is 0 Å². The Balaban J connectivity index is 2.20. The van der Waals surface area contributed by atoms with Crippen LogP contribution in [0.15, 0.2) is 14.7 Å². The van der Waals surface area contributed by atoms with Crippen molar-refractivity contribution < 1.29 is 17.9 Å². The van der Waals surface area contributed by atoms with Gasteiger partial charge in [-0.15, -0.1) is 11.3 Å². The van der Waals surface area contributed by atoms with Crippen LogP contribution in [0.1, 0.15) is 41.8 Å². The molecule has 1 saturated carbocycles. The van der Waals surface area contributed by atoms with Crippen molar-refractivity contribution in [2.45, 2.75) is 43.0 Å². The van der Waals surface area contributed by atoms with E-state index in [9.17, 15) is 13.2 Å². The molecule has 0 saturated heterocycles. The molecule has 112 valence electrons. The van der Waals surface area contributed by atoms with Crippen molar-refractivity contribution in [3.63, 3.8) is 0 Å². The highest BCUT2D eigenvalue weighted by Gasteiger charge is 2.26. The maximum atomic E-state index is 12.4. The Kier molecular flexibility index (Phi) is 5.22. The zero-order valence-corrected chi connectivity index (χ0v) is 14.2. The Morgan fingerprint density at radius 2 is 2.05 bits per heavy atom. The molecule has 0 aromatic carbocycles. The molecule has 1 N–H and O–H groups in total. The molecule has 5 nitrogen and oxygen atoms in total. The van der Waals surface area contributed by atoms with Gasteiger partial charge in [-0.1, -0.05) is 19.3 Å². The van der Waals surface area contributed by atoms with Crippen LogP contribution in [0.4, 0.5) is 0 Å². The fourth-order valence-corrected chi connectivity index (χ4v) is 6.03. The summed E-state index contributed by atoms with van der Waals surface area (Å²) in [4.78, 5) is 11.8. The van der Waals surface area contributed by atoms with Crippen LogP contribution < -0.4 is 4.72 Å². The van der Waals surface area contributed by atoms with E-state index in [1.54, 1.807) is 0 Å². The van der Waals surface area contributed by atoms with Crippen molar-refractivity contribution in [3.05, 3.63) is 14.7 Å². The van der Waals surface area contributed by atoms with E-state index in [2.05, 4.69) is 25.4 Å². The summed E-state index contributed by atoms with van der Waals surface area (Å²) in [5, 5.41) is 0. The third-order valence-corrected chi connectivity index (χ3v) is 7.01. The Morgan fingerprint density at radius 1 is 1.40 bits per heavy atom. The Labute approximate surface area is 130 Å². The van der Waals surface area contributed by atoms with E-state index in [-0.39, 0.29) is 15.8 Å². The van der Waals surface area contributed by atoms with E-state index in [1.165, 1.54) is 13.2 Å². The standard InChI is InChI=1S/C12H16BrNO4S2/c1-18-12(15)9-7-10(11(13)19-9)20(16,17)14-8-5-3-2-4-6-8/h7-8,14H,2-6H2,1H3. The highest BCUT2D eigenvalue weighted by molar-refractivity contribution is 9.11. The van der Waals surface area contributed by atoms with Crippen LogP contribution in [0, 0.1) is 0 Å². The average molecular weight is 382 g/mol. The summed E-state index contributed by atoms with van der Waals surface area (Å²) in [6, 6.07) is 1.34. The van der Waals surface area contributed by atoms with Crippen LogP contribution in [0.25, 0.3) is 0 Å². The first kappa shape index (κ1) is 15.9. The second-order valence-electron chi connectivity index (χ2n) is 4.70. The molecule has 1 aromatic heterocycles. The first-order chi connectivity index (χ1) is 9.44. The lowest BCUT2D eigenvalue weighted by Crippen LogP contribution is -2.36. The van der Waals surface area contributed by atoms with Gasteiger partial charge in [0.1, 0.15) is 9.77 Å². The monoisotopic (exact) mass is 381 g/mol. The summed E-state index contributed by atoms with van der Waals surface area (Å²) in [6.07, 6.45) is 4.99. The van der Waals surface area contributed by atoms with Crippen molar-refractivity contribution in [2.24, 2.45) is 0 Å². The van der Waals surface area contributed by atoms with E-state index in [0.29, 0.717) is 3.79 Å². The summed E-state index contributed by atoms with van der Waals surface area (Å²) in [6.45, 7) is 0. The van der Waals surface area contributed by atoms with Gasteiger partial charge in [0.25, 0.3) is 0 Å². The number of hydrogen-bond donors (Lipinski definition) is 1. The SMILES string of the molecule is COC(=O)c1cc(S(=O)(=O)NC2CCCCC2)c(Br)s1. The smallest absolute Gasteiger partial charge is 0.348 e. The summed E-state index contributed by atoms with van der Waals surface area (Å²) in [5.74, 6) is -0.533. The van der Waals surface area contributed by atoms with Gasteiger partial charge in [0.2, 0.25) is 10.0 Å². The maximum absolute atomic E-state index is 12.4. The molecule has 0 spiro atoms. The van der Waals surface area contributed by atoms with E-state index in [4.69, 9.17) is 0 Å². The van der Waals surface area contributed by atoms with Crippen LogP contribution >= 0.6 is 27.3 Å². The normalized spacial score (nSPS) is 17.1. The molecule has 1 aliphatic carbocycles. The van der Waals surface area contributed by atoms with Crippen molar-refractivity contribution in [3.8, 4) is 0 Å². The second-order valence-corrected chi connectivity index (χ2v) is 8.75. The van der Waals surface area contributed by atoms with Gasteiger partial charge in [-0.05, 0) is 34.8 Å². The maximum Gasteiger partial charge on any atom is 0.348 e. The fraction of sp³-hybridized carbons (Fsp3) is 0.583. The zero-order chi connectivity index (χ0) is 14.8. The van der Waals surface area contributed by atoms with Gasteiger partial charge in [0, 0.05) is 6.04 Å². The molecule has 1 aromatic rings. The molecule has 0 unspecified atom stereocenters. The minimum Gasteiger partial charge on any atom is -0.465 e. The number of rotatable bonds is 4. The molecule has 20 heavy (non-hydrogen) atoms. The number of carbonyl (C=O) groups is 1. The quantitative estimate of drug-likeness (QED) is 0.813. The van der Waals surface area contributed by atoms with Gasteiger partial charge in [0.05, 0.1) is 10.9 Å². The number of thiophene rings is 1. The van der Waals surface area contributed by atoms with Gasteiger partial charge in [-0.2, -0.15) is 0 Å². The lowest BCUT2D eigenvalue weighted by atomic mass is 9.96. The highest BCUT2D eigenvalue weighted by Crippen LogP contribution is 2.32. The van der Waals surface area contributed by atoms with Gasteiger partial charge in [-0.25, -0.2) is 17.9 Å². The molecule has 2 rings (SSSR count). The van der Waals surface area contributed by atoms with Crippen LogP contribution in [0.2, 0.25) is 0 Å². The average Bonchev–Trinajstić information content (AvgIpc) is 2.81. The number of carbonyl (C=O) groups excluding carboxylic acids is 1. The molecular formula is C12H16BrNO4S2. The first-order valence-corrected chi connectivity index (χ1v) is 9.43. The minimum atomic E-state index is -3.61. The number of halogens is 1. The molecule has 0 aliphatic heterocycles. The topological polar surface area (TPSA) is 72.5 Å². The van der Waals surface area contributed by atoms with Gasteiger partial charge < -0.3 is 4.74 Å². The molecule has 1 aliphatic rings. The van der Waals surface area contributed by atoms with Crippen molar-refractivity contribution in [1.29, 1.82) is 0 Å². The number of nitrogens with one attached hydrogen (secondary N) is 1. The number of sulfonamides is 1. The van der Waals surface area contributed by atoms with Crippen LogP contribution in [-0.4, -0.2) is 27.5 Å². The zero-order valence-electron chi connectivity index (χ0n) is 11.0. The van der Waals surface area contributed by atoms with E-state index < -0.39 is 16.0 Å². The van der Waals surface area contributed by atoms with Crippen LogP contribution in [0.5, 0.6) is 0 Å². The molecule has 0 radical (unpaired) electrons. The number of methoxy groups -OCH3 is 1. The number of ether oxygens (including phenoxy) is 1. The predicted molar refractivity (Wildman–Crippen MR) is 80.6 cm³/mol. The van der Waals surface area contributed by atoms with E-state index in [0.717, 1.165) is 43.4 Å². The molecule has 8 heteroatoms. The fourth-order valence-electron chi connectivity index (χ4n) is 2.24. The summed E-state index contributed by atoms with van der Waals surface area (Å²) in [7, 11) is -2.34. The lowest BCUT2D eigenvalue weighted by molar-refractivity contribution is 0.0606.